The zero-order valence-electron chi connectivity index (χ0n) is 19.6. The van der Waals surface area contributed by atoms with Crippen molar-refractivity contribution in [3.05, 3.63) is 63.8 Å². The predicted molar refractivity (Wildman–Crippen MR) is 126 cm³/mol. The molecule has 0 bridgehead atoms. The van der Waals surface area contributed by atoms with Gasteiger partial charge in [0, 0.05) is 24.9 Å². The van der Waals surface area contributed by atoms with Gasteiger partial charge in [-0.2, -0.15) is 0 Å². The van der Waals surface area contributed by atoms with Crippen molar-refractivity contribution in [1.82, 2.24) is 4.98 Å². The summed E-state index contributed by atoms with van der Waals surface area (Å²) in [7, 11) is 1.41. The normalized spacial score (nSPS) is 24.5. The lowest BCUT2D eigenvalue weighted by Gasteiger charge is -2.46. The molecule has 2 aromatic heterocycles. The predicted octanol–water partition coefficient (Wildman–Crippen LogP) is 2.51. The number of aliphatic hydroxyl groups excluding tert-OH is 3. The number of hydrogen-bond acceptors (Lipinski definition) is 10. The van der Waals surface area contributed by atoms with Crippen LogP contribution in [0.25, 0.3) is 22.8 Å². The molecule has 3 aromatic rings. The van der Waals surface area contributed by atoms with E-state index in [1.165, 1.54) is 31.5 Å². The van der Waals surface area contributed by atoms with Gasteiger partial charge in [0.2, 0.25) is 6.29 Å². The van der Waals surface area contributed by atoms with E-state index in [9.17, 15) is 25.2 Å². The first kappa shape index (κ1) is 24.7. The highest BCUT2D eigenvalue weighted by molar-refractivity contribution is 5.92. The van der Waals surface area contributed by atoms with Gasteiger partial charge in [-0.15, -0.1) is 0 Å². The van der Waals surface area contributed by atoms with Gasteiger partial charge in [0.15, 0.2) is 0 Å². The molecule has 35 heavy (non-hydrogen) atoms. The van der Waals surface area contributed by atoms with Gasteiger partial charge in [0.1, 0.15) is 46.7 Å². The maximum absolute atomic E-state index is 12.7. The maximum Gasteiger partial charge on any atom is 0.351 e. The SMILES string of the molecule is CO[C@@H]1[C@H](O)[C@@H](O)[C@H](Oc2ccc3c(O)c(C(O)=Cc4ccccn4)c(=O)oc3c2C)OC1(C)C. The topological polar surface area (TPSA) is 152 Å². The molecule has 0 saturated carbocycles. The summed E-state index contributed by atoms with van der Waals surface area (Å²) < 4.78 is 22.4. The first-order valence-corrected chi connectivity index (χ1v) is 10.9. The molecule has 4 atom stereocenters. The van der Waals surface area contributed by atoms with Crippen molar-refractivity contribution in [3.63, 3.8) is 0 Å². The maximum atomic E-state index is 12.7. The Labute approximate surface area is 200 Å². The van der Waals surface area contributed by atoms with Crippen molar-refractivity contribution in [3.8, 4) is 11.5 Å². The monoisotopic (exact) mass is 485 g/mol. The van der Waals surface area contributed by atoms with Crippen LogP contribution < -0.4 is 10.4 Å². The Morgan fingerprint density at radius 2 is 1.91 bits per heavy atom. The fourth-order valence-corrected chi connectivity index (χ4v) is 4.22. The average Bonchev–Trinajstić information content (AvgIpc) is 2.80. The van der Waals surface area contributed by atoms with Crippen LogP contribution in [0.1, 0.15) is 30.7 Å². The molecular weight excluding hydrogens is 458 g/mol. The molecule has 1 aliphatic heterocycles. The summed E-state index contributed by atoms with van der Waals surface area (Å²) >= 11 is 0. The lowest BCUT2D eigenvalue weighted by Crippen LogP contribution is -2.63. The summed E-state index contributed by atoms with van der Waals surface area (Å²) in [5.74, 6) is -0.773. The van der Waals surface area contributed by atoms with E-state index < -0.39 is 52.9 Å². The van der Waals surface area contributed by atoms with Crippen LogP contribution in [0.4, 0.5) is 0 Å². The Morgan fingerprint density at radius 1 is 1.17 bits per heavy atom. The van der Waals surface area contributed by atoms with E-state index in [4.69, 9.17) is 18.6 Å². The quantitative estimate of drug-likeness (QED) is 0.313. The fourth-order valence-electron chi connectivity index (χ4n) is 4.22. The van der Waals surface area contributed by atoms with Gasteiger partial charge in [-0.1, -0.05) is 6.07 Å². The number of ether oxygens (including phenoxy) is 3. The van der Waals surface area contributed by atoms with Crippen LogP contribution in [0.2, 0.25) is 0 Å². The van der Waals surface area contributed by atoms with E-state index in [0.717, 1.165) is 0 Å². The molecule has 4 N–H and O–H groups in total. The average molecular weight is 485 g/mol. The molecule has 1 aliphatic rings. The summed E-state index contributed by atoms with van der Waals surface area (Å²) in [6.07, 6.45) is -1.95. The molecular formula is C25H27NO9. The summed E-state index contributed by atoms with van der Waals surface area (Å²) in [6, 6.07) is 7.98. The summed E-state index contributed by atoms with van der Waals surface area (Å²) in [5.41, 5.74) is -1.59. The Bertz CT molecular complexity index is 1320. The number of aryl methyl sites for hydroxylation is 1. The van der Waals surface area contributed by atoms with Crippen molar-refractivity contribution < 1.29 is 39.1 Å². The molecule has 186 valence electrons. The third kappa shape index (κ3) is 4.48. The molecule has 3 heterocycles. The molecule has 0 spiro atoms. The molecule has 0 radical (unpaired) electrons. The van der Waals surface area contributed by atoms with Crippen LogP contribution >= 0.6 is 0 Å². The Balaban J connectivity index is 1.71. The van der Waals surface area contributed by atoms with Crippen molar-refractivity contribution >= 4 is 22.8 Å². The van der Waals surface area contributed by atoms with Gasteiger partial charge in [0.25, 0.3) is 0 Å². The van der Waals surface area contributed by atoms with Crippen LogP contribution in [-0.4, -0.2) is 62.7 Å². The largest absolute Gasteiger partial charge is 0.507 e. The Hall–Kier alpha value is -3.44. The molecule has 10 heteroatoms. The number of benzene rings is 1. The molecule has 4 rings (SSSR count). The van der Waals surface area contributed by atoms with Crippen molar-refractivity contribution in [1.29, 1.82) is 0 Å². The van der Waals surface area contributed by atoms with Gasteiger partial charge in [-0.05, 0) is 45.0 Å². The highest BCUT2D eigenvalue weighted by atomic mass is 16.7. The van der Waals surface area contributed by atoms with E-state index in [1.54, 1.807) is 39.0 Å². The van der Waals surface area contributed by atoms with Gasteiger partial charge in [0.05, 0.1) is 16.7 Å². The zero-order valence-corrected chi connectivity index (χ0v) is 19.6. The molecule has 10 nitrogen and oxygen atoms in total. The summed E-state index contributed by atoms with van der Waals surface area (Å²) in [6.45, 7) is 4.99. The fraction of sp³-hybridized carbons (Fsp3) is 0.360. The van der Waals surface area contributed by atoms with Crippen molar-refractivity contribution in [2.45, 2.75) is 51.0 Å². The minimum atomic E-state index is -1.42. The molecule has 1 fully saturated rings. The van der Waals surface area contributed by atoms with Crippen LogP contribution in [0, 0.1) is 6.92 Å². The number of nitrogens with zero attached hydrogens (tertiary/aromatic N) is 1. The number of aliphatic hydroxyl groups is 3. The van der Waals surface area contributed by atoms with Crippen molar-refractivity contribution in [2.75, 3.05) is 7.11 Å². The van der Waals surface area contributed by atoms with Crippen LogP contribution in [-0.2, 0) is 9.47 Å². The second-order valence-corrected chi connectivity index (χ2v) is 8.81. The molecule has 0 unspecified atom stereocenters. The zero-order chi connectivity index (χ0) is 25.5. The van der Waals surface area contributed by atoms with Gasteiger partial charge in [-0.25, -0.2) is 4.79 Å². The molecule has 1 saturated heterocycles. The number of aromatic nitrogens is 1. The first-order valence-electron chi connectivity index (χ1n) is 10.9. The molecule has 0 amide bonds. The van der Waals surface area contributed by atoms with Crippen LogP contribution in [0.15, 0.2) is 45.7 Å². The Morgan fingerprint density at radius 3 is 2.57 bits per heavy atom. The van der Waals surface area contributed by atoms with E-state index in [1.807, 2.05) is 0 Å². The summed E-state index contributed by atoms with van der Waals surface area (Å²) in [4.78, 5) is 16.7. The molecule has 0 aliphatic carbocycles. The van der Waals surface area contributed by atoms with Crippen LogP contribution in [0.3, 0.4) is 0 Å². The first-order chi connectivity index (χ1) is 16.5. The van der Waals surface area contributed by atoms with E-state index >= 15 is 0 Å². The second kappa shape index (κ2) is 9.31. The molecule has 1 aromatic carbocycles. The second-order valence-electron chi connectivity index (χ2n) is 8.81. The number of fused-ring (bicyclic) bond motifs is 1. The third-order valence-electron chi connectivity index (χ3n) is 6.02. The lowest BCUT2D eigenvalue weighted by molar-refractivity contribution is -0.306. The van der Waals surface area contributed by atoms with E-state index in [2.05, 4.69) is 4.98 Å². The van der Waals surface area contributed by atoms with E-state index in [0.29, 0.717) is 11.3 Å². The standard InChI is InChI=1S/C25H27NO9/c1-12-16(33-24-20(30)19(29)22(32-4)25(2,3)35-24)9-8-14-18(28)17(23(31)34-21(12)14)15(27)11-13-7-5-6-10-26-13/h5-11,19-20,22,24,27-30H,1-4H3/t19-,20-,22-,24-/m1/s1. The smallest absolute Gasteiger partial charge is 0.351 e. The third-order valence-corrected chi connectivity index (χ3v) is 6.02. The van der Waals surface area contributed by atoms with E-state index in [-0.39, 0.29) is 16.7 Å². The number of aromatic hydroxyl groups is 1. The van der Waals surface area contributed by atoms with Crippen LogP contribution in [0.5, 0.6) is 11.5 Å². The lowest BCUT2D eigenvalue weighted by atomic mass is 9.89. The van der Waals surface area contributed by atoms with Gasteiger partial charge >= 0.3 is 5.63 Å². The minimum absolute atomic E-state index is 0.0271. The summed E-state index contributed by atoms with van der Waals surface area (Å²) in [5, 5.41) is 42.4. The highest BCUT2D eigenvalue weighted by Crippen LogP contribution is 2.37. The van der Waals surface area contributed by atoms with Gasteiger partial charge in [-0.3, -0.25) is 4.98 Å². The van der Waals surface area contributed by atoms with Crippen molar-refractivity contribution in [2.24, 2.45) is 0 Å². The number of methoxy groups -OCH3 is 1. The minimum Gasteiger partial charge on any atom is -0.507 e. The van der Waals surface area contributed by atoms with Gasteiger partial charge < -0.3 is 39.1 Å². The number of rotatable bonds is 5. The number of hydrogen-bond donors (Lipinski definition) is 4. The highest BCUT2D eigenvalue weighted by Gasteiger charge is 2.50. The Kier molecular flexibility index (Phi) is 6.56. The number of pyridine rings is 1.